The van der Waals surface area contributed by atoms with Gasteiger partial charge in [-0.15, -0.1) is 0 Å². The molecule has 2 aliphatic heterocycles. The Morgan fingerprint density at radius 1 is 0.943 bits per heavy atom. The third kappa shape index (κ3) is 4.14. The first-order valence-corrected chi connectivity index (χ1v) is 13.7. The first kappa shape index (κ1) is 22.4. The Morgan fingerprint density at radius 2 is 1.74 bits per heavy atom. The monoisotopic (exact) mass is 485 g/mol. The van der Waals surface area contributed by atoms with Crippen molar-refractivity contribution in [2.75, 3.05) is 11.9 Å². The highest BCUT2D eigenvalue weighted by atomic mass is 32.1. The molecule has 0 spiro atoms. The van der Waals surface area contributed by atoms with E-state index in [2.05, 4.69) is 56.6 Å². The minimum Gasteiger partial charge on any atom is -0.378 e. The molecule has 35 heavy (non-hydrogen) atoms. The van der Waals surface area contributed by atoms with Crippen molar-refractivity contribution in [3.8, 4) is 0 Å². The van der Waals surface area contributed by atoms with Crippen LogP contribution in [0.5, 0.6) is 0 Å². The van der Waals surface area contributed by atoms with E-state index in [4.69, 9.17) is 0 Å². The molecular weight excluding hydrogens is 454 g/mol. The number of carbonyl (C=O) groups is 2. The van der Waals surface area contributed by atoms with Crippen LogP contribution in [-0.2, 0) is 4.79 Å². The van der Waals surface area contributed by atoms with Crippen LogP contribution in [0.1, 0.15) is 65.7 Å². The molecule has 0 unspecified atom stereocenters. The lowest BCUT2D eigenvalue weighted by Crippen LogP contribution is -2.50. The molecule has 180 valence electrons. The first-order chi connectivity index (χ1) is 17.2. The molecule has 3 heterocycles. The van der Waals surface area contributed by atoms with Gasteiger partial charge in [-0.25, -0.2) is 0 Å². The molecule has 2 aromatic carbocycles. The summed E-state index contributed by atoms with van der Waals surface area (Å²) in [6.07, 6.45) is 4.74. The molecule has 1 saturated carbocycles. The smallest absolute Gasteiger partial charge is 0.251 e. The molecule has 2 fully saturated rings. The second-order valence-electron chi connectivity index (χ2n) is 10.0. The standard InChI is InChI=1S/C29H31N3O2S/c33-28(19-8-2-1-3-9-19)31-25-13-7-5-11-22(25)29(34)32-16-14-23-26(20-15-17-35-18-20)30-24-12-6-4-10-21(24)27(23)32/h1-4,6,8-10,12,15,17-18,22-23,25-27,30H,5,7,11,13-14,16H2,(H,31,33)/t22-,23+,25+,26+,27+/m0/s1. The van der Waals surface area contributed by atoms with E-state index in [0.717, 1.165) is 44.3 Å². The number of benzene rings is 2. The Morgan fingerprint density at radius 3 is 2.57 bits per heavy atom. The summed E-state index contributed by atoms with van der Waals surface area (Å²) in [5.41, 5.74) is 4.30. The number of para-hydroxylation sites is 1. The molecule has 5 atom stereocenters. The highest BCUT2D eigenvalue weighted by molar-refractivity contribution is 7.08. The van der Waals surface area contributed by atoms with Crippen molar-refractivity contribution >= 4 is 28.8 Å². The zero-order valence-electron chi connectivity index (χ0n) is 19.7. The number of carbonyl (C=O) groups excluding carboxylic acids is 2. The second kappa shape index (κ2) is 9.50. The van der Waals surface area contributed by atoms with Gasteiger partial charge >= 0.3 is 0 Å². The highest BCUT2D eigenvalue weighted by Crippen LogP contribution is 2.52. The Kier molecular flexibility index (Phi) is 6.06. The molecule has 1 saturated heterocycles. The SMILES string of the molecule is O=C(N[C@@H]1CCCC[C@@H]1C(=O)N1CC[C@@H]2[C@@H](c3ccsc3)Nc3ccccc3[C@H]21)c1ccccc1. The lowest BCUT2D eigenvalue weighted by atomic mass is 9.79. The lowest BCUT2D eigenvalue weighted by molar-refractivity contribution is -0.138. The maximum atomic E-state index is 14.1. The largest absolute Gasteiger partial charge is 0.378 e. The topological polar surface area (TPSA) is 61.4 Å². The van der Waals surface area contributed by atoms with E-state index in [9.17, 15) is 9.59 Å². The van der Waals surface area contributed by atoms with E-state index in [1.54, 1.807) is 11.3 Å². The summed E-state index contributed by atoms with van der Waals surface area (Å²) in [7, 11) is 0. The van der Waals surface area contributed by atoms with Crippen LogP contribution in [0.15, 0.2) is 71.4 Å². The molecular formula is C29H31N3O2S. The number of hydrogen-bond donors (Lipinski definition) is 2. The summed E-state index contributed by atoms with van der Waals surface area (Å²) in [5.74, 6) is 0.289. The molecule has 1 aromatic heterocycles. The number of nitrogens with one attached hydrogen (secondary N) is 2. The molecule has 1 aliphatic carbocycles. The van der Waals surface area contributed by atoms with Gasteiger partial charge in [-0.1, -0.05) is 49.2 Å². The average molecular weight is 486 g/mol. The van der Waals surface area contributed by atoms with Crippen LogP contribution < -0.4 is 10.6 Å². The zero-order chi connectivity index (χ0) is 23.8. The van der Waals surface area contributed by atoms with E-state index in [1.807, 2.05) is 30.3 Å². The number of thiophene rings is 1. The fourth-order valence-corrected chi connectivity index (χ4v) is 7.10. The van der Waals surface area contributed by atoms with Crippen molar-refractivity contribution < 1.29 is 9.59 Å². The summed E-state index contributed by atoms with van der Waals surface area (Å²) in [6, 6.07) is 20.1. The van der Waals surface area contributed by atoms with E-state index in [1.165, 1.54) is 11.1 Å². The summed E-state index contributed by atoms with van der Waals surface area (Å²) >= 11 is 1.72. The Hall–Kier alpha value is -3.12. The van der Waals surface area contributed by atoms with Gasteiger partial charge in [0.15, 0.2) is 0 Å². The van der Waals surface area contributed by atoms with Crippen LogP contribution in [0.2, 0.25) is 0 Å². The third-order valence-corrected chi connectivity index (χ3v) is 8.79. The van der Waals surface area contributed by atoms with E-state index in [-0.39, 0.29) is 35.9 Å². The quantitative estimate of drug-likeness (QED) is 0.491. The van der Waals surface area contributed by atoms with Crippen molar-refractivity contribution in [2.24, 2.45) is 11.8 Å². The molecule has 2 amide bonds. The van der Waals surface area contributed by atoms with Gasteiger partial charge in [0.1, 0.15) is 0 Å². The number of nitrogens with zero attached hydrogens (tertiary/aromatic N) is 1. The van der Waals surface area contributed by atoms with E-state index < -0.39 is 0 Å². The zero-order valence-corrected chi connectivity index (χ0v) is 20.5. The predicted octanol–water partition coefficient (Wildman–Crippen LogP) is 5.79. The van der Waals surface area contributed by atoms with Gasteiger partial charge < -0.3 is 15.5 Å². The Bertz CT molecular complexity index is 1200. The van der Waals surface area contributed by atoms with Crippen LogP contribution in [0.4, 0.5) is 5.69 Å². The number of hydrogen-bond acceptors (Lipinski definition) is 4. The number of amides is 2. The predicted molar refractivity (Wildman–Crippen MR) is 139 cm³/mol. The van der Waals surface area contributed by atoms with Gasteiger partial charge in [-0.3, -0.25) is 9.59 Å². The minimum absolute atomic E-state index is 0.0669. The Labute approximate surface area is 210 Å². The number of fused-ring (bicyclic) bond motifs is 3. The molecule has 6 rings (SSSR count). The maximum absolute atomic E-state index is 14.1. The van der Waals surface area contributed by atoms with Gasteiger partial charge in [0.05, 0.1) is 18.0 Å². The fraction of sp³-hybridized carbons (Fsp3) is 0.379. The van der Waals surface area contributed by atoms with Gasteiger partial charge in [0.25, 0.3) is 5.91 Å². The van der Waals surface area contributed by atoms with Crippen LogP contribution in [0, 0.1) is 11.8 Å². The number of likely N-dealkylation sites (tertiary alicyclic amines) is 1. The van der Waals surface area contributed by atoms with Crippen LogP contribution in [0.3, 0.4) is 0 Å². The summed E-state index contributed by atoms with van der Waals surface area (Å²) < 4.78 is 0. The van der Waals surface area contributed by atoms with Crippen molar-refractivity contribution in [1.29, 1.82) is 0 Å². The molecule has 3 aliphatic rings. The van der Waals surface area contributed by atoms with E-state index in [0.29, 0.717) is 11.5 Å². The van der Waals surface area contributed by atoms with Crippen LogP contribution in [0.25, 0.3) is 0 Å². The fourth-order valence-electron chi connectivity index (χ4n) is 6.41. The third-order valence-electron chi connectivity index (χ3n) is 8.08. The maximum Gasteiger partial charge on any atom is 0.251 e. The van der Waals surface area contributed by atoms with Crippen molar-refractivity contribution in [1.82, 2.24) is 10.2 Å². The van der Waals surface area contributed by atoms with Crippen LogP contribution >= 0.6 is 11.3 Å². The first-order valence-electron chi connectivity index (χ1n) is 12.7. The van der Waals surface area contributed by atoms with Gasteiger partial charge in [0.2, 0.25) is 5.91 Å². The van der Waals surface area contributed by atoms with Gasteiger partial charge in [-0.2, -0.15) is 11.3 Å². The minimum atomic E-state index is -0.170. The summed E-state index contributed by atoms with van der Waals surface area (Å²) in [4.78, 5) is 29.2. The molecule has 0 radical (unpaired) electrons. The molecule has 5 nitrogen and oxygen atoms in total. The normalized spacial score (nSPS) is 27.4. The summed E-state index contributed by atoms with van der Waals surface area (Å²) in [5, 5.41) is 11.3. The van der Waals surface area contributed by atoms with Crippen molar-refractivity contribution in [3.63, 3.8) is 0 Å². The van der Waals surface area contributed by atoms with Gasteiger partial charge in [-0.05, 0) is 65.4 Å². The second-order valence-corrected chi connectivity index (χ2v) is 10.8. The number of rotatable bonds is 4. The highest BCUT2D eigenvalue weighted by Gasteiger charge is 2.48. The summed E-state index contributed by atoms with van der Waals surface area (Å²) in [6.45, 7) is 0.765. The van der Waals surface area contributed by atoms with E-state index >= 15 is 0 Å². The Balaban J connectivity index is 1.27. The van der Waals surface area contributed by atoms with Crippen molar-refractivity contribution in [2.45, 2.75) is 50.2 Å². The molecule has 3 aromatic rings. The number of anilines is 1. The van der Waals surface area contributed by atoms with Crippen LogP contribution in [-0.4, -0.2) is 29.3 Å². The lowest BCUT2D eigenvalue weighted by Gasteiger charge is -2.41. The molecule has 0 bridgehead atoms. The molecule has 6 heteroatoms. The van der Waals surface area contributed by atoms with Gasteiger partial charge in [0, 0.05) is 29.8 Å². The average Bonchev–Trinajstić information content (AvgIpc) is 3.60. The van der Waals surface area contributed by atoms with Crippen molar-refractivity contribution in [3.05, 3.63) is 88.1 Å². The molecule has 2 N–H and O–H groups in total.